The third kappa shape index (κ3) is 4.22. The van der Waals surface area contributed by atoms with Gasteiger partial charge in [0.25, 0.3) is 0 Å². The van der Waals surface area contributed by atoms with E-state index in [-0.39, 0.29) is 5.41 Å². The Labute approximate surface area is 152 Å². The number of nitrogens with zero attached hydrogens (tertiary/aromatic N) is 3. The summed E-state index contributed by atoms with van der Waals surface area (Å²) in [6, 6.07) is 17.4. The van der Waals surface area contributed by atoms with Crippen LogP contribution in [0.3, 0.4) is 0 Å². The molecule has 1 N–H and O–H groups in total. The van der Waals surface area contributed by atoms with E-state index in [0.717, 1.165) is 22.9 Å². The molecule has 1 aromatic heterocycles. The van der Waals surface area contributed by atoms with Gasteiger partial charge in [-0.05, 0) is 42.0 Å². The number of para-hydroxylation sites is 1. The number of rotatable bonds is 4. The van der Waals surface area contributed by atoms with Gasteiger partial charge < -0.3 is 4.74 Å². The van der Waals surface area contributed by atoms with Gasteiger partial charge in [0.15, 0.2) is 5.82 Å². The molecule has 0 spiro atoms. The van der Waals surface area contributed by atoms with Crippen LogP contribution in [0.5, 0.6) is 11.5 Å². The average molecular weight is 352 g/mol. The van der Waals surface area contributed by atoms with Crippen molar-refractivity contribution in [3.63, 3.8) is 0 Å². The molecule has 5 nitrogen and oxygen atoms in total. The predicted molar refractivity (Wildman–Crippen MR) is 102 cm³/mol. The van der Waals surface area contributed by atoms with Gasteiger partial charge in [0.05, 0.1) is 6.21 Å². The second kappa shape index (κ2) is 7.03. The van der Waals surface area contributed by atoms with E-state index in [1.54, 1.807) is 10.9 Å². The first-order valence-electron chi connectivity index (χ1n) is 7.99. The molecule has 0 amide bonds. The molecule has 0 radical (unpaired) electrons. The van der Waals surface area contributed by atoms with Crippen LogP contribution in [0, 0.1) is 4.77 Å². The maximum atomic E-state index is 5.85. The number of aromatic nitrogens is 3. The predicted octanol–water partition coefficient (Wildman–Crippen LogP) is 4.91. The summed E-state index contributed by atoms with van der Waals surface area (Å²) in [7, 11) is 0. The number of ether oxygens (including phenoxy) is 1. The summed E-state index contributed by atoms with van der Waals surface area (Å²) in [5.41, 5.74) is 0.750. The number of benzene rings is 2. The van der Waals surface area contributed by atoms with Crippen LogP contribution in [-0.4, -0.2) is 21.1 Å². The van der Waals surface area contributed by atoms with Crippen molar-refractivity contribution < 1.29 is 4.74 Å². The first-order chi connectivity index (χ1) is 11.9. The van der Waals surface area contributed by atoms with Crippen molar-refractivity contribution in [2.45, 2.75) is 26.2 Å². The molecule has 0 aliphatic heterocycles. The first kappa shape index (κ1) is 17.1. The van der Waals surface area contributed by atoms with Crippen LogP contribution in [0.1, 0.15) is 32.2 Å². The van der Waals surface area contributed by atoms with Gasteiger partial charge in [-0.3, -0.25) is 5.10 Å². The Morgan fingerprint density at radius 1 is 1.08 bits per heavy atom. The van der Waals surface area contributed by atoms with Gasteiger partial charge in [0, 0.05) is 5.41 Å². The number of aromatic amines is 1. The zero-order valence-corrected chi connectivity index (χ0v) is 15.2. The molecule has 25 heavy (non-hydrogen) atoms. The lowest BCUT2D eigenvalue weighted by Crippen LogP contribution is -2.17. The van der Waals surface area contributed by atoms with Gasteiger partial charge in [-0.2, -0.15) is 14.9 Å². The van der Waals surface area contributed by atoms with E-state index < -0.39 is 0 Å². The van der Waals surface area contributed by atoms with Crippen molar-refractivity contribution in [1.29, 1.82) is 0 Å². The van der Waals surface area contributed by atoms with Gasteiger partial charge in [-0.1, -0.05) is 51.1 Å². The molecule has 0 aliphatic rings. The maximum absolute atomic E-state index is 5.85. The van der Waals surface area contributed by atoms with Crippen LogP contribution in [0.25, 0.3) is 0 Å². The number of H-pyrrole nitrogens is 1. The zero-order valence-electron chi connectivity index (χ0n) is 14.4. The molecule has 3 rings (SSSR count). The molecule has 0 aliphatic carbocycles. The zero-order chi connectivity index (χ0) is 17.9. The minimum absolute atomic E-state index is 0.164. The monoisotopic (exact) mass is 352 g/mol. The van der Waals surface area contributed by atoms with E-state index in [1.807, 2.05) is 54.6 Å². The van der Waals surface area contributed by atoms with Crippen LogP contribution >= 0.6 is 12.2 Å². The van der Waals surface area contributed by atoms with Crippen molar-refractivity contribution in [2.75, 3.05) is 0 Å². The summed E-state index contributed by atoms with van der Waals surface area (Å²) in [4.78, 5) is 0. The molecule has 1 heterocycles. The van der Waals surface area contributed by atoms with Gasteiger partial charge in [-0.25, -0.2) is 0 Å². The SMILES string of the molecule is CC(C)(C)c1n[nH]c(=S)n1/N=C\c1cccc(Oc2ccccc2)c1. The van der Waals surface area contributed by atoms with Crippen LogP contribution in [0.15, 0.2) is 59.7 Å². The van der Waals surface area contributed by atoms with E-state index >= 15 is 0 Å². The van der Waals surface area contributed by atoms with Crippen molar-refractivity contribution in [1.82, 2.24) is 14.9 Å². The van der Waals surface area contributed by atoms with Gasteiger partial charge in [-0.15, -0.1) is 0 Å². The summed E-state index contributed by atoms with van der Waals surface area (Å²) >= 11 is 5.28. The lowest BCUT2D eigenvalue weighted by Gasteiger charge is -2.15. The summed E-state index contributed by atoms with van der Waals surface area (Å²) in [6.07, 6.45) is 1.75. The Bertz CT molecular complexity index is 936. The van der Waals surface area contributed by atoms with Gasteiger partial charge in [0.2, 0.25) is 4.77 Å². The summed E-state index contributed by atoms with van der Waals surface area (Å²) in [5.74, 6) is 2.33. The quantitative estimate of drug-likeness (QED) is 0.536. The third-order valence-electron chi connectivity index (χ3n) is 3.48. The fraction of sp³-hybridized carbons (Fsp3) is 0.211. The Hall–Kier alpha value is -2.73. The Morgan fingerprint density at radius 2 is 1.80 bits per heavy atom. The van der Waals surface area contributed by atoms with Crippen LogP contribution in [-0.2, 0) is 5.41 Å². The molecule has 0 saturated heterocycles. The molecular formula is C19H20N4OS. The Balaban J connectivity index is 1.85. The molecule has 3 aromatic rings. The number of nitrogens with one attached hydrogen (secondary N) is 1. The van der Waals surface area contributed by atoms with Crippen LogP contribution < -0.4 is 4.74 Å². The summed E-state index contributed by atoms with van der Waals surface area (Å²) in [6.45, 7) is 6.20. The highest BCUT2D eigenvalue weighted by atomic mass is 32.1. The van der Waals surface area contributed by atoms with E-state index in [4.69, 9.17) is 17.0 Å². The van der Waals surface area contributed by atoms with E-state index in [0.29, 0.717) is 4.77 Å². The smallest absolute Gasteiger partial charge is 0.216 e. The lowest BCUT2D eigenvalue weighted by molar-refractivity contribution is 0.482. The van der Waals surface area contributed by atoms with Crippen molar-refractivity contribution in [3.8, 4) is 11.5 Å². The highest BCUT2D eigenvalue weighted by molar-refractivity contribution is 7.71. The van der Waals surface area contributed by atoms with Gasteiger partial charge in [0.1, 0.15) is 11.5 Å². The molecular weight excluding hydrogens is 332 g/mol. The van der Waals surface area contributed by atoms with E-state index in [9.17, 15) is 0 Å². The lowest BCUT2D eigenvalue weighted by atomic mass is 9.96. The second-order valence-corrected chi connectivity index (χ2v) is 7.03. The van der Waals surface area contributed by atoms with Gasteiger partial charge >= 0.3 is 0 Å². The molecule has 2 aromatic carbocycles. The normalized spacial score (nSPS) is 11.8. The van der Waals surface area contributed by atoms with Crippen LogP contribution in [0.2, 0.25) is 0 Å². The largest absolute Gasteiger partial charge is 0.457 e. The minimum Gasteiger partial charge on any atom is -0.457 e. The van der Waals surface area contributed by atoms with Crippen molar-refractivity contribution in [2.24, 2.45) is 5.10 Å². The third-order valence-corrected chi connectivity index (χ3v) is 3.74. The molecule has 0 atom stereocenters. The van der Waals surface area contributed by atoms with Crippen LogP contribution in [0.4, 0.5) is 0 Å². The van der Waals surface area contributed by atoms with E-state index in [1.165, 1.54) is 0 Å². The summed E-state index contributed by atoms with van der Waals surface area (Å²) < 4.78 is 7.97. The van der Waals surface area contributed by atoms with E-state index in [2.05, 4.69) is 36.1 Å². The number of hydrogen-bond donors (Lipinski definition) is 1. The topological polar surface area (TPSA) is 55.2 Å². The highest BCUT2D eigenvalue weighted by Gasteiger charge is 2.21. The fourth-order valence-electron chi connectivity index (χ4n) is 2.29. The summed E-state index contributed by atoms with van der Waals surface area (Å²) in [5, 5.41) is 11.6. The molecule has 0 fully saturated rings. The molecule has 128 valence electrons. The number of hydrogen-bond acceptors (Lipinski definition) is 4. The molecule has 6 heteroatoms. The minimum atomic E-state index is -0.164. The Kier molecular flexibility index (Phi) is 4.81. The average Bonchev–Trinajstić information content (AvgIpc) is 2.95. The molecule has 0 unspecified atom stereocenters. The standard InChI is InChI=1S/C19H20N4OS/c1-19(2,3)17-21-22-18(25)23(17)20-13-14-8-7-11-16(12-14)24-15-9-5-4-6-10-15/h4-13H,1-3H3,(H,22,25)/b20-13-. The maximum Gasteiger partial charge on any atom is 0.216 e. The highest BCUT2D eigenvalue weighted by Crippen LogP contribution is 2.22. The first-order valence-corrected chi connectivity index (χ1v) is 8.39. The molecule has 0 bridgehead atoms. The van der Waals surface area contributed by atoms with Crippen molar-refractivity contribution in [3.05, 3.63) is 70.8 Å². The Morgan fingerprint density at radius 3 is 2.52 bits per heavy atom. The second-order valence-electron chi connectivity index (χ2n) is 6.65. The van der Waals surface area contributed by atoms with Crippen molar-refractivity contribution >= 4 is 18.4 Å². The molecule has 0 saturated carbocycles. The fourth-order valence-corrected chi connectivity index (χ4v) is 2.47.